The molecule has 1 unspecified atom stereocenters. The summed E-state index contributed by atoms with van der Waals surface area (Å²) >= 11 is 5.98. The van der Waals surface area contributed by atoms with Crippen LogP contribution in [0.1, 0.15) is 36.9 Å². The molecule has 3 heterocycles. The SMILES string of the molecule is CC1NNc2nccc(N3CCC(N)(Cc4ccc(Cl)cc4)CC3)c21. The van der Waals surface area contributed by atoms with Crippen LogP contribution >= 0.6 is 11.6 Å². The number of piperidine rings is 1. The fourth-order valence-electron chi connectivity index (χ4n) is 3.89. The van der Waals surface area contributed by atoms with E-state index < -0.39 is 0 Å². The molecule has 2 aliphatic rings. The Kier molecular flexibility index (Phi) is 4.31. The normalized spacial score (nSPS) is 21.7. The van der Waals surface area contributed by atoms with Crippen molar-refractivity contribution >= 4 is 23.1 Å². The molecule has 0 amide bonds. The van der Waals surface area contributed by atoms with Gasteiger partial charge in [-0.1, -0.05) is 23.7 Å². The minimum atomic E-state index is -0.150. The van der Waals surface area contributed by atoms with Crippen LogP contribution in [0.2, 0.25) is 5.02 Å². The zero-order valence-corrected chi connectivity index (χ0v) is 15.2. The highest BCUT2D eigenvalue weighted by Gasteiger charge is 2.33. The van der Waals surface area contributed by atoms with Crippen LogP contribution < -0.4 is 21.5 Å². The van der Waals surface area contributed by atoms with E-state index in [1.165, 1.54) is 16.8 Å². The van der Waals surface area contributed by atoms with E-state index in [9.17, 15) is 0 Å². The molecule has 1 saturated heterocycles. The second-order valence-corrected chi connectivity index (χ2v) is 7.67. The lowest BCUT2D eigenvalue weighted by Gasteiger charge is -2.41. The molecule has 0 bridgehead atoms. The highest BCUT2D eigenvalue weighted by Crippen LogP contribution is 2.37. The van der Waals surface area contributed by atoms with Gasteiger partial charge >= 0.3 is 0 Å². The molecule has 0 aliphatic carbocycles. The fraction of sp³-hybridized carbons (Fsp3) is 0.421. The van der Waals surface area contributed by atoms with Crippen LogP contribution in [0.3, 0.4) is 0 Å². The number of nitrogens with two attached hydrogens (primary N) is 1. The maximum Gasteiger partial charge on any atom is 0.147 e. The van der Waals surface area contributed by atoms with Crippen LogP contribution in [0.4, 0.5) is 11.5 Å². The number of pyridine rings is 1. The first-order chi connectivity index (χ1) is 12.0. The van der Waals surface area contributed by atoms with Gasteiger partial charge in [-0.2, -0.15) is 0 Å². The number of hydrogen-bond acceptors (Lipinski definition) is 5. The average molecular weight is 358 g/mol. The number of anilines is 2. The van der Waals surface area contributed by atoms with Crippen molar-refractivity contribution in [3.63, 3.8) is 0 Å². The van der Waals surface area contributed by atoms with Crippen molar-refractivity contribution in [2.75, 3.05) is 23.4 Å². The van der Waals surface area contributed by atoms with Crippen molar-refractivity contribution in [2.45, 2.75) is 37.8 Å². The number of hydrogen-bond donors (Lipinski definition) is 3. The van der Waals surface area contributed by atoms with E-state index in [1.54, 1.807) is 0 Å². The lowest BCUT2D eigenvalue weighted by Crippen LogP contribution is -2.52. The first-order valence-electron chi connectivity index (χ1n) is 8.83. The van der Waals surface area contributed by atoms with E-state index in [0.29, 0.717) is 0 Å². The van der Waals surface area contributed by atoms with Crippen molar-refractivity contribution in [3.8, 4) is 0 Å². The summed E-state index contributed by atoms with van der Waals surface area (Å²) < 4.78 is 0. The lowest BCUT2D eigenvalue weighted by atomic mass is 9.82. The molecule has 2 aromatic rings. The molecule has 1 fully saturated rings. The summed E-state index contributed by atoms with van der Waals surface area (Å²) in [5.74, 6) is 0.941. The summed E-state index contributed by atoms with van der Waals surface area (Å²) in [6, 6.07) is 10.4. The van der Waals surface area contributed by atoms with Crippen LogP contribution in [0.15, 0.2) is 36.5 Å². The molecule has 1 aromatic heterocycles. The summed E-state index contributed by atoms with van der Waals surface area (Å²) in [6.07, 6.45) is 4.72. The van der Waals surface area contributed by atoms with E-state index in [4.69, 9.17) is 17.3 Å². The third-order valence-electron chi connectivity index (χ3n) is 5.38. The fourth-order valence-corrected chi connectivity index (χ4v) is 4.02. The Bertz CT molecular complexity index is 753. The molecule has 132 valence electrons. The zero-order chi connectivity index (χ0) is 17.4. The maximum atomic E-state index is 6.71. The van der Waals surface area contributed by atoms with E-state index >= 15 is 0 Å². The first kappa shape index (κ1) is 16.6. The number of benzene rings is 1. The van der Waals surface area contributed by atoms with Gasteiger partial charge in [0.2, 0.25) is 0 Å². The number of nitrogens with one attached hydrogen (secondary N) is 2. The molecular formula is C19H24ClN5. The minimum Gasteiger partial charge on any atom is -0.371 e. The molecule has 1 aromatic carbocycles. The smallest absolute Gasteiger partial charge is 0.147 e. The monoisotopic (exact) mass is 357 g/mol. The van der Waals surface area contributed by atoms with Gasteiger partial charge in [0.15, 0.2) is 0 Å². The second-order valence-electron chi connectivity index (χ2n) is 7.24. The molecule has 5 nitrogen and oxygen atoms in total. The third kappa shape index (κ3) is 3.32. The molecule has 0 spiro atoms. The van der Waals surface area contributed by atoms with E-state index in [0.717, 1.165) is 43.2 Å². The Morgan fingerprint density at radius 2 is 1.96 bits per heavy atom. The van der Waals surface area contributed by atoms with Crippen molar-refractivity contribution in [2.24, 2.45) is 5.73 Å². The topological polar surface area (TPSA) is 66.2 Å². The number of aromatic nitrogens is 1. The summed E-state index contributed by atoms with van der Waals surface area (Å²) in [5.41, 5.74) is 16.7. The van der Waals surface area contributed by atoms with Gasteiger partial charge in [-0.15, -0.1) is 0 Å². The number of halogens is 1. The standard InChI is InChI=1S/C19H24ClN5/c1-13-17-16(6-9-22-18(17)24-23-13)25-10-7-19(21,8-11-25)12-14-2-4-15(20)5-3-14/h2-6,9,13,23H,7-8,10-12,21H2,1H3,(H,22,24). The number of rotatable bonds is 3. The van der Waals surface area contributed by atoms with Gasteiger partial charge in [0, 0.05) is 41.1 Å². The summed E-state index contributed by atoms with van der Waals surface area (Å²) in [7, 11) is 0. The molecule has 4 N–H and O–H groups in total. The highest BCUT2D eigenvalue weighted by atomic mass is 35.5. The van der Waals surface area contributed by atoms with Gasteiger partial charge in [-0.05, 0) is 49.9 Å². The summed E-state index contributed by atoms with van der Waals surface area (Å²) in [4.78, 5) is 6.86. The largest absolute Gasteiger partial charge is 0.371 e. The molecule has 4 rings (SSSR count). The Morgan fingerprint density at radius 3 is 2.68 bits per heavy atom. The molecule has 0 radical (unpaired) electrons. The van der Waals surface area contributed by atoms with Gasteiger partial charge in [-0.25, -0.2) is 10.4 Å². The molecule has 25 heavy (non-hydrogen) atoms. The average Bonchev–Trinajstić information content (AvgIpc) is 2.99. The van der Waals surface area contributed by atoms with Crippen molar-refractivity contribution in [3.05, 3.63) is 52.7 Å². The second kappa shape index (κ2) is 6.48. The van der Waals surface area contributed by atoms with Gasteiger partial charge in [0.05, 0.1) is 6.04 Å². The van der Waals surface area contributed by atoms with Crippen LogP contribution in [0.5, 0.6) is 0 Å². The molecular weight excluding hydrogens is 334 g/mol. The zero-order valence-electron chi connectivity index (χ0n) is 14.4. The van der Waals surface area contributed by atoms with Gasteiger partial charge < -0.3 is 16.1 Å². The Morgan fingerprint density at radius 1 is 1.24 bits per heavy atom. The predicted octanol–water partition coefficient (Wildman–Crippen LogP) is 3.27. The van der Waals surface area contributed by atoms with Gasteiger partial charge in [-0.3, -0.25) is 0 Å². The van der Waals surface area contributed by atoms with E-state index in [-0.39, 0.29) is 11.6 Å². The minimum absolute atomic E-state index is 0.150. The Labute approximate surface area is 153 Å². The molecule has 6 heteroatoms. The lowest BCUT2D eigenvalue weighted by molar-refractivity contribution is 0.331. The van der Waals surface area contributed by atoms with Crippen molar-refractivity contribution in [1.82, 2.24) is 10.4 Å². The third-order valence-corrected chi connectivity index (χ3v) is 5.63. The van der Waals surface area contributed by atoms with Gasteiger partial charge in [0.1, 0.15) is 5.82 Å². The van der Waals surface area contributed by atoms with Crippen LogP contribution in [-0.4, -0.2) is 23.6 Å². The predicted molar refractivity (Wildman–Crippen MR) is 103 cm³/mol. The first-order valence-corrected chi connectivity index (χ1v) is 9.21. The maximum absolute atomic E-state index is 6.71. The Balaban J connectivity index is 1.47. The molecule has 0 saturated carbocycles. The van der Waals surface area contributed by atoms with Crippen molar-refractivity contribution < 1.29 is 0 Å². The molecule has 2 aliphatic heterocycles. The number of nitrogens with zero attached hydrogens (tertiary/aromatic N) is 2. The van der Waals surface area contributed by atoms with Crippen molar-refractivity contribution in [1.29, 1.82) is 0 Å². The number of fused-ring (bicyclic) bond motifs is 1. The number of hydrazine groups is 1. The quantitative estimate of drug-likeness (QED) is 0.786. The summed E-state index contributed by atoms with van der Waals surface area (Å²) in [6.45, 7) is 4.09. The Hall–Kier alpha value is -1.82. The molecule has 1 atom stereocenters. The summed E-state index contributed by atoms with van der Waals surface area (Å²) in [5, 5.41) is 0.771. The van der Waals surface area contributed by atoms with E-state index in [2.05, 4.69) is 45.9 Å². The van der Waals surface area contributed by atoms with Gasteiger partial charge in [0.25, 0.3) is 0 Å². The van der Waals surface area contributed by atoms with Crippen LogP contribution in [0.25, 0.3) is 0 Å². The van der Waals surface area contributed by atoms with Crippen LogP contribution in [0, 0.1) is 0 Å². The van der Waals surface area contributed by atoms with E-state index in [1.807, 2.05) is 18.3 Å². The highest BCUT2D eigenvalue weighted by molar-refractivity contribution is 6.30. The van der Waals surface area contributed by atoms with Crippen LogP contribution in [-0.2, 0) is 6.42 Å².